The van der Waals surface area contributed by atoms with Gasteiger partial charge < -0.3 is 24.4 Å². The van der Waals surface area contributed by atoms with Crippen molar-refractivity contribution in [2.24, 2.45) is 0 Å². The SMILES string of the molecule is COc1cc(C(C(=O)NCc2ccccc2)N(Cc2cccs2)C(=O)c2cnccn2)cc(OC)c1OC. The summed E-state index contributed by atoms with van der Waals surface area (Å²) in [6.07, 6.45) is 4.32. The zero-order valence-electron chi connectivity index (χ0n) is 21.3. The van der Waals surface area contributed by atoms with Crippen molar-refractivity contribution < 1.29 is 23.8 Å². The number of aromatic nitrogens is 2. The minimum Gasteiger partial charge on any atom is -0.493 e. The van der Waals surface area contributed by atoms with Gasteiger partial charge in [-0.15, -0.1) is 11.3 Å². The van der Waals surface area contributed by atoms with Crippen molar-refractivity contribution in [2.75, 3.05) is 21.3 Å². The summed E-state index contributed by atoms with van der Waals surface area (Å²) >= 11 is 1.49. The smallest absolute Gasteiger partial charge is 0.275 e. The number of rotatable bonds is 11. The summed E-state index contributed by atoms with van der Waals surface area (Å²) < 4.78 is 16.6. The Hall–Kier alpha value is -4.44. The predicted octanol–water partition coefficient (Wildman–Crippen LogP) is 4.26. The third kappa shape index (κ3) is 6.09. The number of ether oxygens (including phenoxy) is 3. The Morgan fingerprint density at radius 3 is 2.29 bits per heavy atom. The van der Waals surface area contributed by atoms with Gasteiger partial charge in [0.15, 0.2) is 11.5 Å². The van der Waals surface area contributed by atoms with Gasteiger partial charge in [-0.25, -0.2) is 4.98 Å². The largest absolute Gasteiger partial charge is 0.493 e. The highest BCUT2D eigenvalue weighted by molar-refractivity contribution is 7.09. The van der Waals surface area contributed by atoms with E-state index in [2.05, 4.69) is 15.3 Å². The van der Waals surface area contributed by atoms with Crippen LogP contribution in [0.1, 0.15) is 32.5 Å². The molecule has 0 aliphatic rings. The molecule has 0 saturated carbocycles. The molecule has 10 heteroatoms. The second kappa shape index (κ2) is 12.7. The molecule has 0 aliphatic heterocycles. The van der Waals surface area contributed by atoms with Gasteiger partial charge >= 0.3 is 0 Å². The maximum absolute atomic E-state index is 13.9. The maximum Gasteiger partial charge on any atom is 0.275 e. The molecule has 2 aromatic carbocycles. The van der Waals surface area contributed by atoms with Crippen LogP contribution in [0, 0.1) is 0 Å². The normalized spacial score (nSPS) is 11.3. The van der Waals surface area contributed by atoms with E-state index in [0.717, 1.165) is 10.4 Å². The van der Waals surface area contributed by atoms with Gasteiger partial charge in [-0.3, -0.25) is 14.6 Å². The topological polar surface area (TPSA) is 103 Å². The van der Waals surface area contributed by atoms with Crippen molar-refractivity contribution in [3.05, 3.63) is 100 Å². The van der Waals surface area contributed by atoms with E-state index in [-0.39, 0.29) is 24.7 Å². The lowest BCUT2D eigenvalue weighted by atomic mass is 10.0. The summed E-state index contributed by atoms with van der Waals surface area (Å²) in [5.74, 6) is 0.292. The minimum absolute atomic E-state index is 0.123. The van der Waals surface area contributed by atoms with Crippen LogP contribution in [0.15, 0.2) is 78.6 Å². The first kappa shape index (κ1) is 26.6. The lowest BCUT2D eigenvalue weighted by Gasteiger charge is -2.31. The van der Waals surface area contributed by atoms with Crippen molar-refractivity contribution in [1.29, 1.82) is 0 Å². The Labute approximate surface area is 225 Å². The Bertz CT molecular complexity index is 1330. The number of carbonyl (C=O) groups is 2. The lowest BCUT2D eigenvalue weighted by Crippen LogP contribution is -2.43. The fraction of sp³-hybridized carbons (Fsp3) is 0.214. The third-order valence-electron chi connectivity index (χ3n) is 5.82. The molecule has 1 N–H and O–H groups in total. The first-order chi connectivity index (χ1) is 18.5. The van der Waals surface area contributed by atoms with Crippen LogP contribution in [0.3, 0.4) is 0 Å². The summed E-state index contributed by atoms with van der Waals surface area (Å²) in [7, 11) is 4.50. The monoisotopic (exact) mass is 532 g/mol. The van der Waals surface area contributed by atoms with E-state index < -0.39 is 11.9 Å². The van der Waals surface area contributed by atoms with Crippen molar-refractivity contribution in [3.8, 4) is 17.2 Å². The summed E-state index contributed by atoms with van der Waals surface area (Å²) in [5, 5.41) is 4.91. The molecule has 196 valence electrons. The van der Waals surface area contributed by atoms with Gasteiger partial charge in [0, 0.05) is 23.8 Å². The molecule has 4 aromatic rings. The molecule has 4 rings (SSSR count). The van der Waals surface area contributed by atoms with Gasteiger partial charge in [0.2, 0.25) is 11.7 Å². The van der Waals surface area contributed by atoms with E-state index in [4.69, 9.17) is 14.2 Å². The molecule has 2 heterocycles. The van der Waals surface area contributed by atoms with Crippen LogP contribution in [0.2, 0.25) is 0 Å². The highest BCUT2D eigenvalue weighted by Crippen LogP contribution is 2.41. The fourth-order valence-corrected chi connectivity index (χ4v) is 4.72. The van der Waals surface area contributed by atoms with Crippen LogP contribution < -0.4 is 19.5 Å². The first-order valence-electron chi connectivity index (χ1n) is 11.8. The Morgan fingerprint density at radius 2 is 1.71 bits per heavy atom. The molecule has 0 bridgehead atoms. The number of methoxy groups -OCH3 is 3. The van der Waals surface area contributed by atoms with Gasteiger partial charge in [0.25, 0.3) is 5.91 Å². The molecule has 2 aromatic heterocycles. The van der Waals surface area contributed by atoms with Crippen molar-refractivity contribution in [1.82, 2.24) is 20.2 Å². The van der Waals surface area contributed by atoms with Gasteiger partial charge in [0.05, 0.1) is 34.1 Å². The Morgan fingerprint density at radius 1 is 0.974 bits per heavy atom. The average molecular weight is 533 g/mol. The van der Waals surface area contributed by atoms with Gasteiger partial charge in [-0.1, -0.05) is 36.4 Å². The first-order valence-corrected chi connectivity index (χ1v) is 12.6. The number of amides is 2. The molecule has 1 atom stereocenters. The molecular weight excluding hydrogens is 504 g/mol. The summed E-state index contributed by atoms with van der Waals surface area (Å²) in [6, 6.07) is 15.7. The van der Waals surface area contributed by atoms with Crippen LogP contribution in [0.25, 0.3) is 0 Å². The maximum atomic E-state index is 13.9. The number of nitrogens with zero attached hydrogens (tertiary/aromatic N) is 3. The zero-order chi connectivity index (χ0) is 26.9. The van der Waals surface area contributed by atoms with Crippen molar-refractivity contribution in [3.63, 3.8) is 0 Å². The zero-order valence-corrected chi connectivity index (χ0v) is 22.1. The minimum atomic E-state index is -1.05. The van der Waals surface area contributed by atoms with Crippen molar-refractivity contribution >= 4 is 23.2 Å². The number of thiophene rings is 1. The molecule has 2 amide bonds. The summed E-state index contributed by atoms with van der Waals surface area (Å²) in [4.78, 5) is 38.4. The van der Waals surface area contributed by atoms with Gasteiger partial charge in [-0.2, -0.15) is 0 Å². The second-order valence-electron chi connectivity index (χ2n) is 8.17. The number of hydrogen-bond donors (Lipinski definition) is 1. The number of hydrogen-bond acceptors (Lipinski definition) is 8. The quantitative estimate of drug-likeness (QED) is 0.308. The molecule has 0 saturated heterocycles. The van der Waals surface area contributed by atoms with E-state index in [9.17, 15) is 9.59 Å². The van der Waals surface area contributed by atoms with E-state index in [0.29, 0.717) is 22.8 Å². The molecule has 0 aliphatic carbocycles. The Kier molecular flexibility index (Phi) is 8.89. The molecule has 0 fully saturated rings. The second-order valence-corrected chi connectivity index (χ2v) is 9.20. The van der Waals surface area contributed by atoms with E-state index in [1.165, 1.54) is 56.2 Å². The molecule has 9 nitrogen and oxygen atoms in total. The van der Waals surface area contributed by atoms with Crippen LogP contribution in [-0.4, -0.2) is 48.0 Å². The number of nitrogens with one attached hydrogen (secondary N) is 1. The Balaban J connectivity index is 1.82. The van der Waals surface area contributed by atoms with Crippen molar-refractivity contribution in [2.45, 2.75) is 19.1 Å². The summed E-state index contributed by atoms with van der Waals surface area (Å²) in [5.41, 5.74) is 1.53. The van der Waals surface area contributed by atoms with E-state index in [1.807, 2.05) is 47.8 Å². The molecule has 0 spiro atoms. The number of carbonyl (C=O) groups excluding carboxylic acids is 2. The third-order valence-corrected chi connectivity index (χ3v) is 6.68. The molecular formula is C28H28N4O5S. The lowest BCUT2D eigenvalue weighted by molar-refractivity contribution is -0.126. The standard InChI is InChI=1S/C28H28N4O5S/c1-35-23-14-20(15-24(36-2)26(23)37-3)25(27(33)31-16-19-8-5-4-6-9-19)32(18-21-10-7-13-38-21)28(34)22-17-29-11-12-30-22/h4-15,17,25H,16,18H2,1-3H3,(H,31,33). The van der Waals surface area contributed by atoms with Crippen LogP contribution in [0.4, 0.5) is 0 Å². The number of benzene rings is 2. The van der Waals surface area contributed by atoms with E-state index >= 15 is 0 Å². The van der Waals surface area contributed by atoms with Gasteiger partial charge in [-0.05, 0) is 34.7 Å². The predicted molar refractivity (Wildman–Crippen MR) is 143 cm³/mol. The van der Waals surface area contributed by atoms with Crippen LogP contribution in [0.5, 0.6) is 17.2 Å². The van der Waals surface area contributed by atoms with Crippen LogP contribution in [-0.2, 0) is 17.9 Å². The van der Waals surface area contributed by atoms with Gasteiger partial charge in [0.1, 0.15) is 11.7 Å². The molecule has 38 heavy (non-hydrogen) atoms. The molecule has 1 unspecified atom stereocenters. The highest BCUT2D eigenvalue weighted by Gasteiger charge is 2.34. The van der Waals surface area contributed by atoms with Crippen LogP contribution >= 0.6 is 11.3 Å². The highest BCUT2D eigenvalue weighted by atomic mass is 32.1. The average Bonchev–Trinajstić information content (AvgIpc) is 3.49. The molecule has 0 radical (unpaired) electrons. The summed E-state index contributed by atoms with van der Waals surface area (Å²) in [6.45, 7) is 0.458. The fourth-order valence-electron chi connectivity index (χ4n) is 4.02. The van der Waals surface area contributed by atoms with E-state index in [1.54, 1.807) is 12.1 Å².